The number of quaternary nitrogens is 1. The van der Waals surface area contributed by atoms with Crippen molar-refractivity contribution in [3.8, 4) is 0 Å². The first-order valence-corrected chi connectivity index (χ1v) is 15.7. The molecule has 7 nitrogen and oxygen atoms in total. The first-order valence-electron chi connectivity index (χ1n) is 15.7. The van der Waals surface area contributed by atoms with E-state index < -0.39 is 24.0 Å². The highest BCUT2D eigenvalue weighted by molar-refractivity contribution is 5.86. The standard InChI is InChI=1S/C34H46NO6/c1-3-4-5-14-23-38-33(37)39-26(2)41-34(27-15-8-6-9-16-27,28-17-10-7-11-18-28)32(36)40-31-24-29-19-20-30(25-31)35(29)21-12-13-22-35/h6-11,15-18,26,29-31H,3-5,12-14,19-25H2,1-2H3/q+1. The Bertz CT molecular complexity index is 1080. The molecule has 0 N–H and O–H groups in total. The van der Waals surface area contributed by atoms with Gasteiger partial charge in [-0.25, -0.2) is 9.59 Å². The van der Waals surface area contributed by atoms with E-state index in [1.165, 1.54) is 43.3 Å². The van der Waals surface area contributed by atoms with Gasteiger partial charge in [0.05, 0.1) is 31.8 Å². The van der Waals surface area contributed by atoms with Crippen LogP contribution in [0.25, 0.3) is 0 Å². The van der Waals surface area contributed by atoms with Crippen molar-refractivity contribution in [2.45, 2.75) is 108 Å². The van der Waals surface area contributed by atoms with Gasteiger partial charge in [0.25, 0.3) is 0 Å². The maximum Gasteiger partial charge on any atom is 0.510 e. The number of unbranched alkanes of at least 4 members (excludes halogenated alkanes) is 3. The van der Waals surface area contributed by atoms with E-state index in [0.29, 0.717) is 29.8 Å². The molecule has 3 fully saturated rings. The Hall–Kier alpha value is -2.90. The number of ether oxygens (including phenoxy) is 4. The summed E-state index contributed by atoms with van der Waals surface area (Å²) in [5.74, 6) is -0.474. The smallest absolute Gasteiger partial charge is 0.459 e. The lowest BCUT2D eigenvalue weighted by molar-refractivity contribution is -0.956. The number of rotatable bonds is 12. The van der Waals surface area contributed by atoms with Gasteiger partial charge in [-0.15, -0.1) is 0 Å². The van der Waals surface area contributed by atoms with E-state index >= 15 is 0 Å². The molecule has 1 spiro atoms. The second kappa shape index (κ2) is 13.4. The van der Waals surface area contributed by atoms with Crippen LogP contribution < -0.4 is 0 Å². The Morgan fingerprint density at radius 2 is 1.46 bits per heavy atom. The summed E-state index contributed by atoms with van der Waals surface area (Å²) in [5.41, 5.74) is -0.359. The van der Waals surface area contributed by atoms with E-state index in [9.17, 15) is 9.59 Å². The summed E-state index contributed by atoms with van der Waals surface area (Å²) in [5, 5.41) is 0. The number of hydrogen-bond donors (Lipinski definition) is 0. The first kappa shape index (κ1) is 29.6. The highest BCUT2D eigenvalue weighted by Gasteiger charge is 2.57. The highest BCUT2D eigenvalue weighted by atomic mass is 16.8. The molecule has 0 aliphatic carbocycles. The Kier molecular flexibility index (Phi) is 9.66. The Morgan fingerprint density at radius 1 is 0.878 bits per heavy atom. The number of esters is 1. The van der Waals surface area contributed by atoms with Gasteiger partial charge in [-0.05, 0) is 24.5 Å². The molecule has 3 aliphatic rings. The van der Waals surface area contributed by atoms with Crippen LogP contribution >= 0.6 is 0 Å². The lowest BCUT2D eigenvalue weighted by Gasteiger charge is -2.47. The lowest BCUT2D eigenvalue weighted by atomic mass is 9.85. The number of benzene rings is 2. The molecule has 3 heterocycles. The molecular formula is C34H46NO6+. The van der Waals surface area contributed by atoms with Gasteiger partial charge >= 0.3 is 12.1 Å². The van der Waals surface area contributed by atoms with E-state index in [4.69, 9.17) is 18.9 Å². The van der Waals surface area contributed by atoms with Gasteiger partial charge in [0, 0.05) is 38.5 Å². The zero-order valence-corrected chi connectivity index (χ0v) is 24.7. The van der Waals surface area contributed by atoms with Crippen LogP contribution in [0.2, 0.25) is 0 Å². The van der Waals surface area contributed by atoms with Crippen LogP contribution in [0.3, 0.4) is 0 Å². The van der Waals surface area contributed by atoms with Gasteiger partial charge in [-0.1, -0.05) is 86.8 Å². The third-order valence-corrected chi connectivity index (χ3v) is 9.50. The zero-order chi connectivity index (χ0) is 28.7. The number of nitrogens with zero attached hydrogens (tertiary/aromatic N) is 1. The molecule has 2 aromatic rings. The van der Waals surface area contributed by atoms with Gasteiger partial charge in [0.1, 0.15) is 6.10 Å². The molecule has 0 saturated carbocycles. The molecule has 0 radical (unpaired) electrons. The number of carbonyl (C=O) groups excluding carboxylic acids is 2. The zero-order valence-electron chi connectivity index (χ0n) is 24.7. The molecule has 3 unspecified atom stereocenters. The quantitative estimate of drug-likeness (QED) is 0.121. The normalized spacial score (nSPS) is 23.7. The summed E-state index contributed by atoms with van der Waals surface area (Å²) in [6.45, 7) is 6.57. The van der Waals surface area contributed by atoms with Crippen molar-refractivity contribution in [3.63, 3.8) is 0 Å². The van der Waals surface area contributed by atoms with Gasteiger partial charge in [0.2, 0.25) is 11.9 Å². The first-order chi connectivity index (χ1) is 20.0. The number of piperidine rings is 1. The van der Waals surface area contributed by atoms with E-state index in [1.54, 1.807) is 6.92 Å². The van der Waals surface area contributed by atoms with E-state index in [0.717, 1.165) is 38.5 Å². The molecule has 7 heteroatoms. The molecule has 0 aromatic heterocycles. The van der Waals surface area contributed by atoms with Crippen molar-refractivity contribution in [3.05, 3.63) is 71.8 Å². The van der Waals surface area contributed by atoms with Gasteiger partial charge < -0.3 is 23.4 Å². The third-order valence-electron chi connectivity index (χ3n) is 9.50. The van der Waals surface area contributed by atoms with E-state index in [-0.39, 0.29) is 6.10 Å². The predicted octanol–water partition coefficient (Wildman–Crippen LogP) is 6.87. The minimum Gasteiger partial charge on any atom is -0.459 e. The average Bonchev–Trinajstić information content (AvgIpc) is 3.53. The van der Waals surface area contributed by atoms with Crippen LogP contribution in [0.15, 0.2) is 60.7 Å². The van der Waals surface area contributed by atoms with Crippen molar-refractivity contribution in [2.75, 3.05) is 19.7 Å². The van der Waals surface area contributed by atoms with Crippen LogP contribution in [0, 0.1) is 0 Å². The SMILES string of the molecule is CCCCCCOC(=O)OC(C)OC(C(=O)OC1CC2CCC(C1)[N+]21CCCC1)(c1ccccc1)c1ccccc1. The topological polar surface area (TPSA) is 71.1 Å². The molecule has 2 bridgehead atoms. The van der Waals surface area contributed by atoms with Crippen LogP contribution in [-0.4, -0.2) is 60.8 Å². The van der Waals surface area contributed by atoms with E-state index in [1.807, 2.05) is 60.7 Å². The second-order valence-corrected chi connectivity index (χ2v) is 12.0. The third kappa shape index (κ3) is 6.31. The monoisotopic (exact) mass is 564 g/mol. The van der Waals surface area contributed by atoms with Crippen LogP contribution in [0.1, 0.15) is 89.2 Å². The molecule has 0 amide bonds. The number of hydrogen-bond acceptors (Lipinski definition) is 6. The maximum absolute atomic E-state index is 14.5. The minimum atomic E-state index is -1.61. The van der Waals surface area contributed by atoms with Gasteiger partial charge in [-0.2, -0.15) is 0 Å². The summed E-state index contributed by atoms with van der Waals surface area (Å²) in [6, 6.07) is 19.9. The molecule has 5 rings (SSSR count). The molecule has 222 valence electrons. The molecule has 3 saturated heterocycles. The fraction of sp³-hybridized carbons (Fsp3) is 0.588. The Morgan fingerprint density at radius 3 is 2.02 bits per heavy atom. The molecule has 2 aromatic carbocycles. The highest BCUT2D eigenvalue weighted by Crippen LogP contribution is 2.47. The van der Waals surface area contributed by atoms with Crippen molar-refractivity contribution in [1.82, 2.24) is 0 Å². The van der Waals surface area contributed by atoms with Crippen molar-refractivity contribution >= 4 is 12.1 Å². The summed E-state index contributed by atoms with van der Waals surface area (Å²) >= 11 is 0. The van der Waals surface area contributed by atoms with Crippen LogP contribution in [0.5, 0.6) is 0 Å². The van der Waals surface area contributed by atoms with Crippen molar-refractivity contribution in [2.24, 2.45) is 0 Å². The van der Waals surface area contributed by atoms with Crippen molar-refractivity contribution in [1.29, 1.82) is 0 Å². The Labute approximate surface area is 244 Å². The van der Waals surface area contributed by atoms with Crippen LogP contribution in [-0.2, 0) is 29.3 Å². The fourth-order valence-corrected chi connectivity index (χ4v) is 7.60. The largest absolute Gasteiger partial charge is 0.510 e. The molecule has 3 atom stereocenters. The fourth-order valence-electron chi connectivity index (χ4n) is 7.60. The molecular weight excluding hydrogens is 518 g/mol. The second-order valence-electron chi connectivity index (χ2n) is 12.0. The van der Waals surface area contributed by atoms with E-state index in [2.05, 4.69) is 6.92 Å². The Balaban J connectivity index is 1.36. The average molecular weight is 565 g/mol. The summed E-state index contributed by atoms with van der Waals surface area (Å²) < 4.78 is 24.9. The van der Waals surface area contributed by atoms with Crippen molar-refractivity contribution < 1.29 is 33.0 Å². The predicted molar refractivity (Wildman–Crippen MR) is 156 cm³/mol. The van der Waals surface area contributed by atoms with Gasteiger partial charge in [-0.3, -0.25) is 0 Å². The maximum atomic E-state index is 14.5. The van der Waals surface area contributed by atoms with Gasteiger partial charge in [0.15, 0.2) is 0 Å². The lowest BCUT2D eigenvalue weighted by Crippen LogP contribution is -2.60. The summed E-state index contributed by atoms with van der Waals surface area (Å²) in [6.07, 6.45) is 8.75. The molecule has 41 heavy (non-hydrogen) atoms. The summed E-state index contributed by atoms with van der Waals surface area (Å²) in [7, 11) is 0. The number of carbonyl (C=O) groups is 2. The minimum absolute atomic E-state index is 0.163. The summed E-state index contributed by atoms with van der Waals surface area (Å²) in [4.78, 5) is 26.9. The van der Waals surface area contributed by atoms with Crippen LogP contribution in [0.4, 0.5) is 4.79 Å². The molecule has 3 aliphatic heterocycles.